The van der Waals surface area contributed by atoms with Gasteiger partial charge in [0.05, 0.1) is 11.6 Å². The summed E-state index contributed by atoms with van der Waals surface area (Å²) < 4.78 is 19.1. The second-order valence-corrected chi connectivity index (χ2v) is 5.04. The minimum absolute atomic E-state index is 0.245. The lowest BCUT2D eigenvalue weighted by atomic mass is 10.2. The van der Waals surface area contributed by atoms with Crippen molar-refractivity contribution in [1.29, 1.82) is 0 Å². The number of halogens is 2. The average Bonchev–Trinajstić information content (AvgIpc) is 2.40. The number of hydrogen-bond donors (Lipinski definition) is 1. The Balaban J connectivity index is 2.10. The van der Waals surface area contributed by atoms with Gasteiger partial charge in [0.15, 0.2) is 0 Å². The summed E-state index contributed by atoms with van der Waals surface area (Å²) in [4.78, 5) is 0. The van der Waals surface area contributed by atoms with Gasteiger partial charge in [0.2, 0.25) is 0 Å². The Morgan fingerprint density at radius 1 is 1.26 bits per heavy atom. The topological polar surface area (TPSA) is 21.3 Å². The molecule has 0 fully saturated rings. The second-order valence-electron chi connectivity index (χ2n) is 4.25. The van der Waals surface area contributed by atoms with Gasteiger partial charge in [-0.3, -0.25) is 0 Å². The van der Waals surface area contributed by atoms with E-state index in [1.807, 2.05) is 31.2 Å². The number of methoxy groups -OCH3 is 1. The van der Waals surface area contributed by atoms with Crippen LogP contribution in [0, 0.1) is 12.7 Å². The lowest BCUT2D eigenvalue weighted by Gasteiger charge is -2.11. The van der Waals surface area contributed by atoms with Gasteiger partial charge in [-0.15, -0.1) is 0 Å². The van der Waals surface area contributed by atoms with E-state index in [1.165, 1.54) is 6.07 Å². The minimum atomic E-state index is -0.245. The van der Waals surface area contributed by atoms with Gasteiger partial charge in [-0.25, -0.2) is 4.39 Å². The van der Waals surface area contributed by atoms with E-state index in [0.717, 1.165) is 22.6 Å². The van der Waals surface area contributed by atoms with E-state index in [1.54, 1.807) is 13.2 Å². The third-order valence-corrected chi connectivity index (χ3v) is 3.80. The molecule has 0 atom stereocenters. The Kier molecular flexibility index (Phi) is 4.43. The maximum atomic E-state index is 13.4. The molecule has 1 N–H and O–H groups in total. The largest absolute Gasteiger partial charge is 0.496 e. The number of aryl methyl sites for hydroxylation is 1. The number of benzene rings is 2. The predicted molar refractivity (Wildman–Crippen MR) is 79.2 cm³/mol. The van der Waals surface area contributed by atoms with E-state index in [4.69, 9.17) is 4.74 Å². The third-order valence-electron chi connectivity index (χ3n) is 2.91. The third kappa shape index (κ3) is 3.26. The number of ether oxygens (including phenoxy) is 1. The molecule has 2 aromatic rings. The molecule has 2 aromatic carbocycles. The highest BCUT2D eigenvalue weighted by Gasteiger charge is 2.05. The average molecular weight is 324 g/mol. The van der Waals surface area contributed by atoms with Crippen LogP contribution in [0.15, 0.2) is 40.9 Å². The smallest absolute Gasteiger partial charge is 0.137 e. The molecule has 2 rings (SSSR count). The fourth-order valence-electron chi connectivity index (χ4n) is 1.87. The molecule has 0 amide bonds. The van der Waals surface area contributed by atoms with Crippen molar-refractivity contribution in [3.63, 3.8) is 0 Å². The molecule has 0 aliphatic rings. The fourth-order valence-corrected chi connectivity index (χ4v) is 2.28. The molecule has 0 saturated carbocycles. The first-order chi connectivity index (χ1) is 9.11. The summed E-state index contributed by atoms with van der Waals surface area (Å²) in [5.41, 5.74) is 2.92. The van der Waals surface area contributed by atoms with Gasteiger partial charge in [-0.05, 0) is 58.2 Å². The molecule has 4 heteroatoms. The maximum absolute atomic E-state index is 13.4. The lowest BCUT2D eigenvalue weighted by molar-refractivity contribution is 0.412. The highest BCUT2D eigenvalue weighted by molar-refractivity contribution is 9.10. The van der Waals surface area contributed by atoms with Gasteiger partial charge in [-0.2, -0.15) is 0 Å². The molecule has 0 spiro atoms. The summed E-state index contributed by atoms with van der Waals surface area (Å²) in [5, 5.41) is 3.27. The predicted octanol–water partition coefficient (Wildman–Crippen LogP) is 4.52. The summed E-state index contributed by atoms with van der Waals surface area (Å²) >= 11 is 3.26. The second kappa shape index (κ2) is 6.06. The zero-order valence-corrected chi connectivity index (χ0v) is 12.4. The standard InChI is InChI=1S/C15H15BrFNO/c1-10-8-12(6-7-14(10)19-2)18-9-11-4-3-5-13(17)15(11)16/h3-8,18H,9H2,1-2H3. The highest BCUT2D eigenvalue weighted by Crippen LogP contribution is 2.24. The summed E-state index contributed by atoms with van der Waals surface area (Å²) in [6.45, 7) is 2.55. The van der Waals surface area contributed by atoms with E-state index in [0.29, 0.717) is 11.0 Å². The van der Waals surface area contributed by atoms with Gasteiger partial charge >= 0.3 is 0 Å². The zero-order valence-electron chi connectivity index (χ0n) is 10.8. The number of anilines is 1. The summed E-state index contributed by atoms with van der Waals surface area (Å²) in [5.74, 6) is 0.614. The highest BCUT2D eigenvalue weighted by atomic mass is 79.9. The van der Waals surface area contributed by atoms with Crippen LogP contribution in [0.5, 0.6) is 5.75 Å². The molecule has 0 radical (unpaired) electrons. The minimum Gasteiger partial charge on any atom is -0.496 e. The number of hydrogen-bond acceptors (Lipinski definition) is 2. The van der Waals surface area contributed by atoms with Crippen LogP contribution in [0.4, 0.5) is 10.1 Å². The molecule has 2 nitrogen and oxygen atoms in total. The van der Waals surface area contributed by atoms with Crippen LogP contribution in [0.3, 0.4) is 0 Å². The molecular formula is C15H15BrFNO. The first-order valence-corrected chi connectivity index (χ1v) is 6.72. The molecule has 19 heavy (non-hydrogen) atoms. The van der Waals surface area contributed by atoms with Crippen molar-refractivity contribution in [1.82, 2.24) is 0 Å². The zero-order chi connectivity index (χ0) is 13.8. The van der Waals surface area contributed by atoms with Crippen LogP contribution < -0.4 is 10.1 Å². The van der Waals surface area contributed by atoms with Gasteiger partial charge in [-0.1, -0.05) is 12.1 Å². The lowest BCUT2D eigenvalue weighted by Crippen LogP contribution is -2.01. The first kappa shape index (κ1) is 13.9. The van der Waals surface area contributed by atoms with E-state index < -0.39 is 0 Å². The summed E-state index contributed by atoms with van der Waals surface area (Å²) in [6.07, 6.45) is 0. The van der Waals surface area contributed by atoms with E-state index in [2.05, 4.69) is 21.2 Å². The van der Waals surface area contributed by atoms with Gasteiger partial charge in [0.25, 0.3) is 0 Å². The molecule has 0 bridgehead atoms. The van der Waals surface area contributed by atoms with E-state index >= 15 is 0 Å². The molecule has 0 unspecified atom stereocenters. The Labute approximate surface area is 120 Å². The Bertz CT molecular complexity index is 586. The van der Waals surface area contributed by atoms with Crippen molar-refractivity contribution in [3.05, 3.63) is 57.8 Å². The van der Waals surface area contributed by atoms with E-state index in [9.17, 15) is 4.39 Å². The molecule has 0 aliphatic carbocycles. The fraction of sp³-hybridized carbons (Fsp3) is 0.200. The van der Waals surface area contributed by atoms with Crippen molar-refractivity contribution in [2.24, 2.45) is 0 Å². The normalized spacial score (nSPS) is 10.3. The molecule has 100 valence electrons. The van der Waals surface area contributed by atoms with Gasteiger partial charge in [0, 0.05) is 12.2 Å². The monoisotopic (exact) mass is 323 g/mol. The molecule has 0 aromatic heterocycles. The Morgan fingerprint density at radius 3 is 2.74 bits per heavy atom. The van der Waals surface area contributed by atoms with Crippen molar-refractivity contribution < 1.29 is 9.13 Å². The van der Waals surface area contributed by atoms with E-state index in [-0.39, 0.29) is 5.82 Å². The van der Waals surface area contributed by atoms with Crippen LogP contribution in [-0.2, 0) is 6.54 Å². The summed E-state index contributed by atoms with van der Waals surface area (Å²) in [6, 6.07) is 10.9. The van der Waals surface area contributed by atoms with Crippen LogP contribution >= 0.6 is 15.9 Å². The molecular weight excluding hydrogens is 309 g/mol. The van der Waals surface area contributed by atoms with Crippen molar-refractivity contribution in [3.8, 4) is 5.75 Å². The first-order valence-electron chi connectivity index (χ1n) is 5.93. The van der Waals surface area contributed by atoms with Crippen molar-refractivity contribution in [2.45, 2.75) is 13.5 Å². The molecule has 0 saturated heterocycles. The molecule has 0 heterocycles. The van der Waals surface area contributed by atoms with Gasteiger partial charge < -0.3 is 10.1 Å². The Morgan fingerprint density at radius 2 is 2.05 bits per heavy atom. The maximum Gasteiger partial charge on any atom is 0.137 e. The molecule has 0 aliphatic heterocycles. The number of rotatable bonds is 4. The van der Waals surface area contributed by atoms with Crippen LogP contribution in [0.2, 0.25) is 0 Å². The van der Waals surface area contributed by atoms with Crippen LogP contribution in [-0.4, -0.2) is 7.11 Å². The van der Waals surface area contributed by atoms with Crippen LogP contribution in [0.1, 0.15) is 11.1 Å². The SMILES string of the molecule is COc1ccc(NCc2cccc(F)c2Br)cc1C. The quantitative estimate of drug-likeness (QED) is 0.893. The van der Waals surface area contributed by atoms with Crippen molar-refractivity contribution in [2.75, 3.05) is 12.4 Å². The van der Waals surface area contributed by atoms with Gasteiger partial charge in [0.1, 0.15) is 11.6 Å². The Hall–Kier alpha value is -1.55. The van der Waals surface area contributed by atoms with Crippen molar-refractivity contribution >= 4 is 21.6 Å². The number of nitrogens with one attached hydrogen (secondary N) is 1. The van der Waals surface area contributed by atoms with Crippen LogP contribution in [0.25, 0.3) is 0 Å². The summed E-state index contributed by atoms with van der Waals surface area (Å²) in [7, 11) is 1.65.